The number of carbonyl (C=O) groups is 1. The SMILES string of the molecule is COc1cccc(CCNC(=O)c2cc(-c3cnc(N4CCOCC4)nc3)cn2C)c1. The normalized spacial score (nSPS) is 13.8. The Balaban J connectivity index is 1.38. The van der Waals surface area contributed by atoms with Gasteiger partial charge in [0.25, 0.3) is 5.91 Å². The van der Waals surface area contributed by atoms with Crippen LogP contribution in [0, 0.1) is 0 Å². The van der Waals surface area contributed by atoms with Gasteiger partial charge in [0.1, 0.15) is 11.4 Å². The number of benzene rings is 1. The number of carbonyl (C=O) groups excluding carboxylic acids is 1. The van der Waals surface area contributed by atoms with E-state index in [9.17, 15) is 4.79 Å². The summed E-state index contributed by atoms with van der Waals surface area (Å²) in [5, 5.41) is 2.99. The lowest BCUT2D eigenvalue weighted by Gasteiger charge is -2.26. The third kappa shape index (κ3) is 5.03. The largest absolute Gasteiger partial charge is 0.497 e. The van der Waals surface area contributed by atoms with Crippen molar-refractivity contribution in [3.63, 3.8) is 0 Å². The second-order valence-electron chi connectivity index (χ2n) is 7.45. The fourth-order valence-electron chi connectivity index (χ4n) is 3.58. The van der Waals surface area contributed by atoms with E-state index < -0.39 is 0 Å². The average molecular weight is 422 g/mol. The molecule has 31 heavy (non-hydrogen) atoms. The fraction of sp³-hybridized carbons (Fsp3) is 0.348. The van der Waals surface area contributed by atoms with Crippen LogP contribution in [-0.2, 0) is 18.2 Å². The van der Waals surface area contributed by atoms with Crippen LogP contribution in [0.15, 0.2) is 48.9 Å². The zero-order valence-corrected chi connectivity index (χ0v) is 17.9. The van der Waals surface area contributed by atoms with Gasteiger partial charge in [-0.05, 0) is 30.2 Å². The molecule has 1 N–H and O–H groups in total. The van der Waals surface area contributed by atoms with Crippen LogP contribution in [0.1, 0.15) is 16.1 Å². The van der Waals surface area contributed by atoms with Gasteiger partial charge < -0.3 is 24.3 Å². The summed E-state index contributed by atoms with van der Waals surface area (Å²) in [6, 6.07) is 9.73. The van der Waals surface area contributed by atoms with E-state index >= 15 is 0 Å². The molecule has 8 heteroatoms. The van der Waals surface area contributed by atoms with Gasteiger partial charge in [-0.15, -0.1) is 0 Å². The van der Waals surface area contributed by atoms with Crippen LogP contribution in [0.2, 0.25) is 0 Å². The molecule has 0 unspecified atom stereocenters. The average Bonchev–Trinajstić information content (AvgIpc) is 3.21. The molecule has 1 aliphatic heterocycles. The van der Waals surface area contributed by atoms with Gasteiger partial charge in [0.2, 0.25) is 5.95 Å². The number of morpholine rings is 1. The van der Waals surface area contributed by atoms with Crippen LogP contribution >= 0.6 is 0 Å². The molecule has 4 rings (SSSR count). The molecule has 3 heterocycles. The number of methoxy groups -OCH3 is 1. The molecule has 0 radical (unpaired) electrons. The number of amides is 1. The predicted octanol–water partition coefficient (Wildman–Crippen LogP) is 2.30. The van der Waals surface area contributed by atoms with Crippen LogP contribution < -0.4 is 15.0 Å². The number of hydrogen-bond donors (Lipinski definition) is 1. The summed E-state index contributed by atoms with van der Waals surface area (Å²) in [5.41, 5.74) is 3.50. The molecule has 3 aromatic rings. The van der Waals surface area contributed by atoms with Crippen molar-refractivity contribution in [1.29, 1.82) is 0 Å². The summed E-state index contributed by atoms with van der Waals surface area (Å²) in [7, 11) is 3.51. The Labute approximate surface area is 181 Å². The molecule has 1 aliphatic rings. The molecule has 1 fully saturated rings. The Kier molecular flexibility index (Phi) is 6.47. The summed E-state index contributed by atoms with van der Waals surface area (Å²) in [6.07, 6.45) is 6.26. The van der Waals surface area contributed by atoms with Gasteiger partial charge in [0.15, 0.2) is 0 Å². The van der Waals surface area contributed by atoms with Crippen molar-refractivity contribution in [3.8, 4) is 16.9 Å². The molecule has 1 aromatic carbocycles. The van der Waals surface area contributed by atoms with Gasteiger partial charge in [0.05, 0.1) is 20.3 Å². The van der Waals surface area contributed by atoms with Crippen molar-refractivity contribution >= 4 is 11.9 Å². The topological polar surface area (TPSA) is 81.5 Å². The molecule has 8 nitrogen and oxygen atoms in total. The molecule has 0 atom stereocenters. The van der Waals surface area contributed by atoms with Crippen LogP contribution in [0.3, 0.4) is 0 Å². The first kappa shape index (κ1) is 20.9. The quantitative estimate of drug-likeness (QED) is 0.631. The molecule has 0 saturated carbocycles. The van der Waals surface area contributed by atoms with Crippen LogP contribution in [0.4, 0.5) is 5.95 Å². The van der Waals surface area contributed by atoms with Crippen molar-refractivity contribution in [2.45, 2.75) is 6.42 Å². The van der Waals surface area contributed by atoms with Crippen molar-refractivity contribution in [2.24, 2.45) is 7.05 Å². The summed E-state index contributed by atoms with van der Waals surface area (Å²) in [4.78, 5) is 23.8. The molecule has 0 aliphatic carbocycles. The van der Waals surface area contributed by atoms with E-state index in [4.69, 9.17) is 9.47 Å². The highest BCUT2D eigenvalue weighted by atomic mass is 16.5. The van der Waals surface area contributed by atoms with E-state index in [0.717, 1.165) is 42.0 Å². The van der Waals surface area contributed by atoms with Crippen molar-refractivity contribution in [3.05, 3.63) is 60.2 Å². The molecule has 1 amide bonds. The highest BCUT2D eigenvalue weighted by Crippen LogP contribution is 2.22. The molecule has 0 spiro atoms. The second kappa shape index (κ2) is 9.61. The first-order chi connectivity index (χ1) is 15.1. The number of nitrogens with one attached hydrogen (secondary N) is 1. The van der Waals surface area contributed by atoms with Crippen LogP contribution in [-0.4, -0.2) is 60.4 Å². The Bertz CT molecular complexity index is 1030. The summed E-state index contributed by atoms with van der Waals surface area (Å²) in [6.45, 7) is 3.53. The third-order valence-corrected chi connectivity index (χ3v) is 5.34. The highest BCUT2D eigenvalue weighted by Gasteiger charge is 2.16. The monoisotopic (exact) mass is 421 g/mol. The van der Waals surface area contributed by atoms with E-state index in [1.165, 1.54) is 0 Å². The number of nitrogens with zero attached hydrogens (tertiary/aromatic N) is 4. The first-order valence-electron chi connectivity index (χ1n) is 10.4. The number of rotatable bonds is 7. The maximum atomic E-state index is 12.7. The van der Waals surface area contributed by atoms with E-state index in [1.807, 2.05) is 48.1 Å². The number of hydrogen-bond acceptors (Lipinski definition) is 6. The van der Waals surface area contributed by atoms with E-state index in [0.29, 0.717) is 31.4 Å². The highest BCUT2D eigenvalue weighted by molar-refractivity contribution is 5.94. The lowest BCUT2D eigenvalue weighted by molar-refractivity contribution is 0.0946. The minimum atomic E-state index is -0.109. The third-order valence-electron chi connectivity index (χ3n) is 5.34. The number of anilines is 1. The van der Waals surface area contributed by atoms with Gasteiger partial charge in [-0.1, -0.05) is 12.1 Å². The van der Waals surface area contributed by atoms with Gasteiger partial charge in [-0.25, -0.2) is 9.97 Å². The minimum absolute atomic E-state index is 0.109. The molecule has 1 saturated heterocycles. The molecule has 162 valence electrons. The Morgan fingerprint density at radius 3 is 2.68 bits per heavy atom. The second-order valence-corrected chi connectivity index (χ2v) is 7.45. The zero-order valence-electron chi connectivity index (χ0n) is 17.9. The molecular weight excluding hydrogens is 394 g/mol. The summed E-state index contributed by atoms with van der Waals surface area (Å²) in [5.74, 6) is 1.42. The predicted molar refractivity (Wildman–Crippen MR) is 119 cm³/mol. The van der Waals surface area contributed by atoms with Crippen LogP contribution in [0.5, 0.6) is 5.75 Å². The van der Waals surface area contributed by atoms with Crippen molar-refractivity contribution < 1.29 is 14.3 Å². The van der Waals surface area contributed by atoms with Gasteiger partial charge in [0, 0.05) is 56.4 Å². The molecule has 0 bridgehead atoms. The molecular formula is C23H27N5O3. The fourth-order valence-corrected chi connectivity index (χ4v) is 3.58. The summed E-state index contributed by atoms with van der Waals surface area (Å²) >= 11 is 0. The van der Waals surface area contributed by atoms with Crippen molar-refractivity contribution in [1.82, 2.24) is 19.9 Å². The van der Waals surface area contributed by atoms with Gasteiger partial charge >= 0.3 is 0 Å². The van der Waals surface area contributed by atoms with Crippen molar-refractivity contribution in [2.75, 3.05) is 44.9 Å². The Morgan fingerprint density at radius 2 is 1.94 bits per heavy atom. The number of ether oxygens (including phenoxy) is 2. The van der Waals surface area contributed by atoms with Gasteiger partial charge in [-0.2, -0.15) is 0 Å². The number of aromatic nitrogens is 3. The molecule has 2 aromatic heterocycles. The van der Waals surface area contributed by atoms with Gasteiger partial charge in [-0.3, -0.25) is 4.79 Å². The zero-order chi connectivity index (χ0) is 21.6. The Morgan fingerprint density at radius 1 is 1.16 bits per heavy atom. The lowest BCUT2D eigenvalue weighted by atomic mass is 10.1. The van der Waals surface area contributed by atoms with E-state index in [-0.39, 0.29) is 5.91 Å². The Hall–Kier alpha value is -3.39. The minimum Gasteiger partial charge on any atom is -0.497 e. The smallest absolute Gasteiger partial charge is 0.267 e. The maximum absolute atomic E-state index is 12.7. The van der Waals surface area contributed by atoms with E-state index in [2.05, 4.69) is 20.2 Å². The maximum Gasteiger partial charge on any atom is 0.267 e. The number of aryl methyl sites for hydroxylation is 1. The van der Waals surface area contributed by atoms with Crippen LogP contribution in [0.25, 0.3) is 11.1 Å². The first-order valence-corrected chi connectivity index (χ1v) is 10.4. The van der Waals surface area contributed by atoms with E-state index in [1.54, 1.807) is 19.5 Å². The standard InChI is InChI=1S/C23H27N5O3/c1-27-16-18(19-14-25-23(26-15-19)28-8-10-31-11-9-28)13-21(27)22(29)24-7-6-17-4-3-5-20(12-17)30-2/h3-5,12-16H,6-11H2,1-2H3,(H,24,29). The summed E-state index contributed by atoms with van der Waals surface area (Å²) < 4.78 is 12.4. The lowest BCUT2D eigenvalue weighted by Crippen LogP contribution is -2.37.